The first kappa shape index (κ1) is 26.9. The lowest BCUT2D eigenvalue weighted by molar-refractivity contribution is 0.0690. The largest absolute Gasteiger partial charge is 0.477 e. The molecule has 0 fully saturated rings. The van der Waals surface area contributed by atoms with Crippen LogP contribution >= 0.6 is 0 Å². The molecule has 0 radical (unpaired) electrons. The number of aromatic carboxylic acids is 1. The molecule has 1 unspecified atom stereocenters. The molecule has 2 N–H and O–H groups in total. The normalized spacial score (nSPS) is 12.6. The van der Waals surface area contributed by atoms with E-state index in [-0.39, 0.29) is 12.3 Å². The van der Waals surface area contributed by atoms with Gasteiger partial charge in [-0.2, -0.15) is 0 Å². The Bertz CT molecular complexity index is 1610. The van der Waals surface area contributed by atoms with Crippen LogP contribution in [0.2, 0.25) is 0 Å². The number of benzene rings is 2. The number of carbonyl (C=O) groups is 1. The lowest BCUT2D eigenvalue weighted by Gasteiger charge is -2.29. The third kappa shape index (κ3) is 5.82. The predicted molar refractivity (Wildman–Crippen MR) is 155 cm³/mol. The quantitative estimate of drug-likeness (QED) is 0.227. The van der Waals surface area contributed by atoms with Crippen LogP contribution in [0.15, 0.2) is 109 Å². The van der Waals surface area contributed by atoms with Gasteiger partial charge in [0, 0.05) is 48.0 Å². The van der Waals surface area contributed by atoms with Gasteiger partial charge in [-0.15, -0.1) is 0 Å². The second-order valence-electron chi connectivity index (χ2n) is 10.0. The Morgan fingerprint density at radius 2 is 1.40 bits per heavy atom. The van der Waals surface area contributed by atoms with Crippen molar-refractivity contribution in [3.63, 3.8) is 0 Å². The van der Waals surface area contributed by atoms with Crippen molar-refractivity contribution in [1.82, 2.24) is 15.0 Å². The van der Waals surface area contributed by atoms with Crippen LogP contribution in [0.25, 0.3) is 11.3 Å². The van der Waals surface area contributed by atoms with E-state index in [0.717, 1.165) is 39.3 Å². The van der Waals surface area contributed by atoms with Crippen molar-refractivity contribution in [2.24, 2.45) is 0 Å². The van der Waals surface area contributed by atoms with Crippen LogP contribution < -0.4 is 0 Å². The molecule has 6 nitrogen and oxygen atoms in total. The molecule has 0 spiro atoms. The number of aromatic nitrogens is 3. The molecule has 0 aliphatic carbocycles. The molecule has 0 saturated heterocycles. The summed E-state index contributed by atoms with van der Waals surface area (Å²) in [6, 6.07) is 33.3. The van der Waals surface area contributed by atoms with E-state index < -0.39 is 11.4 Å². The molecule has 1 atom stereocenters. The maximum Gasteiger partial charge on any atom is 0.354 e. The summed E-state index contributed by atoms with van der Waals surface area (Å²) in [7, 11) is 0. The van der Waals surface area contributed by atoms with E-state index in [1.165, 1.54) is 6.07 Å². The first-order valence-electron chi connectivity index (χ1n) is 13.3. The van der Waals surface area contributed by atoms with Gasteiger partial charge in [-0.05, 0) is 66.4 Å². The van der Waals surface area contributed by atoms with Crippen LogP contribution in [-0.4, -0.2) is 37.7 Å². The Morgan fingerprint density at radius 3 is 2.05 bits per heavy atom. The molecule has 3 heterocycles. The maximum atomic E-state index is 11.5. The number of carboxylic acid groups (broad SMARTS) is 1. The zero-order valence-electron chi connectivity index (χ0n) is 22.4. The van der Waals surface area contributed by atoms with Gasteiger partial charge >= 0.3 is 5.97 Å². The zero-order chi connectivity index (χ0) is 28.0. The van der Waals surface area contributed by atoms with Crippen molar-refractivity contribution >= 4 is 5.97 Å². The fourth-order valence-corrected chi connectivity index (χ4v) is 5.21. The molecule has 5 aromatic rings. The highest BCUT2D eigenvalue weighted by atomic mass is 16.4. The summed E-state index contributed by atoms with van der Waals surface area (Å²) in [5.74, 6) is -1.05. The predicted octanol–water partition coefficient (Wildman–Crippen LogP) is 6.11. The Hall–Kier alpha value is -4.68. The Morgan fingerprint density at radius 1 is 0.750 bits per heavy atom. The highest BCUT2D eigenvalue weighted by Crippen LogP contribution is 2.35. The molecular weight excluding hydrogens is 498 g/mol. The second-order valence-corrected chi connectivity index (χ2v) is 10.0. The lowest BCUT2D eigenvalue weighted by atomic mass is 9.76. The minimum absolute atomic E-state index is 0.0263. The van der Waals surface area contributed by atoms with Gasteiger partial charge in [0.15, 0.2) is 0 Å². The summed E-state index contributed by atoms with van der Waals surface area (Å²) in [4.78, 5) is 25.6. The summed E-state index contributed by atoms with van der Waals surface area (Å²) < 4.78 is 0. The Kier molecular flexibility index (Phi) is 8.08. The number of carboxylic acids is 1. The van der Waals surface area contributed by atoms with Crippen molar-refractivity contribution < 1.29 is 15.0 Å². The Balaban J connectivity index is 1.55. The molecule has 0 amide bonds. The van der Waals surface area contributed by atoms with Gasteiger partial charge in [-0.25, -0.2) is 9.78 Å². The summed E-state index contributed by atoms with van der Waals surface area (Å²) in [5, 5.41) is 19.3. The van der Waals surface area contributed by atoms with Gasteiger partial charge in [0.25, 0.3) is 0 Å². The number of aliphatic hydroxyl groups is 1. The van der Waals surface area contributed by atoms with Gasteiger partial charge in [0.2, 0.25) is 0 Å². The van der Waals surface area contributed by atoms with Gasteiger partial charge in [0.05, 0.1) is 11.4 Å². The molecule has 200 valence electrons. The molecule has 0 bridgehead atoms. The standard InChI is InChI=1S/C34H31N3O3/c1-34(19-21-38,26-12-3-2-4-13-26)31-18-9-15-28(37-31)23-25-11-7-10-24(32(25)29-16-5-6-20-35-29)22-27-14-8-17-30(36-27)33(39)40/h2-18,20,38H,19,21-23H2,1H3,(H,39,40). The van der Waals surface area contributed by atoms with Crippen LogP contribution in [0.5, 0.6) is 0 Å². The third-order valence-corrected chi connectivity index (χ3v) is 7.32. The molecule has 0 saturated carbocycles. The molecule has 5 rings (SSSR count). The molecule has 40 heavy (non-hydrogen) atoms. The van der Waals surface area contributed by atoms with Crippen LogP contribution in [0, 0.1) is 0 Å². The monoisotopic (exact) mass is 529 g/mol. The molecule has 6 heteroatoms. The molecular formula is C34H31N3O3. The Labute approximate surface area is 234 Å². The van der Waals surface area contributed by atoms with Crippen molar-refractivity contribution in [3.8, 4) is 11.3 Å². The van der Waals surface area contributed by atoms with Crippen LogP contribution in [-0.2, 0) is 18.3 Å². The minimum Gasteiger partial charge on any atom is -0.477 e. The maximum absolute atomic E-state index is 11.5. The highest BCUT2D eigenvalue weighted by Gasteiger charge is 2.30. The van der Waals surface area contributed by atoms with Crippen LogP contribution in [0.1, 0.15) is 57.6 Å². The summed E-state index contributed by atoms with van der Waals surface area (Å²) in [6.45, 7) is 2.18. The van der Waals surface area contributed by atoms with E-state index in [1.54, 1.807) is 12.3 Å². The lowest BCUT2D eigenvalue weighted by Crippen LogP contribution is -2.26. The van der Waals surface area contributed by atoms with Gasteiger partial charge in [-0.1, -0.05) is 66.7 Å². The third-order valence-electron chi connectivity index (χ3n) is 7.32. The van der Waals surface area contributed by atoms with E-state index in [4.69, 9.17) is 4.98 Å². The fraction of sp³-hybridized carbons (Fsp3) is 0.176. The van der Waals surface area contributed by atoms with E-state index in [2.05, 4.69) is 35.1 Å². The number of aliphatic hydroxyl groups excluding tert-OH is 1. The van der Waals surface area contributed by atoms with E-state index >= 15 is 0 Å². The van der Waals surface area contributed by atoms with Gasteiger partial charge < -0.3 is 10.2 Å². The number of hydrogen-bond donors (Lipinski definition) is 2. The van der Waals surface area contributed by atoms with E-state index in [0.29, 0.717) is 25.0 Å². The van der Waals surface area contributed by atoms with Crippen molar-refractivity contribution in [1.29, 1.82) is 0 Å². The number of hydrogen-bond acceptors (Lipinski definition) is 5. The first-order chi connectivity index (χ1) is 19.5. The van der Waals surface area contributed by atoms with Crippen molar-refractivity contribution in [2.45, 2.75) is 31.6 Å². The summed E-state index contributed by atoms with van der Waals surface area (Å²) in [6.07, 6.45) is 3.39. The number of pyridine rings is 3. The van der Waals surface area contributed by atoms with Crippen molar-refractivity contribution in [3.05, 3.63) is 149 Å². The first-order valence-corrected chi connectivity index (χ1v) is 13.3. The van der Waals surface area contributed by atoms with Crippen LogP contribution in [0.3, 0.4) is 0 Å². The molecule has 0 aliphatic heterocycles. The molecule has 2 aromatic carbocycles. The SMILES string of the molecule is CC(CCO)(c1ccccc1)c1cccc(Cc2cccc(Cc3cccc(C(=O)O)n3)c2-c2ccccn2)n1. The zero-order valence-corrected chi connectivity index (χ0v) is 22.4. The van der Waals surface area contributed by atoms with Crippen molar-refractivity contribution in [2.75, 3.05) is 6.61 Å². The summed E-state index contributed by atoms with van der Waals surface area (Å²) >= 11 is 0. The van der Waals surface area contributed by atoms with Crippen LogP contribution in [0.4, 0.5) is 0 Å². The second kappa shape index (κ2) is 12.0. The minimum atomic E-state index is -1.05. The van der Waals surface area contributed by atoms with E-state index in [1.807, 2.05) is 72.8 Å². The fourth-order valence-electron chi connectivity index (χ4n) is 5.21. The average Bonchev–Trinajstić information content (AvgIpc) is 2.98. The van der Waals surface area contributed by atoms with E-state index in [9.17, 15) is 15.0 Å². The highest BCUT2D eigenvalue weighted by molar-refractivity contribution is 5.85. The number of nitrogens with zero attached hydrogens (tertiary/aromatic N) is 3. The molecule has 3 aromatic heterocycles. The summed E-state index contributed by atoms with van der Waals surface area (Å²) in [5.41, 5.74) is 7.13. The topological polar surface area (TPSA) is 96.2 Å². The van der Waals surface area contributed by atoms with Gasteiger partial charge in [0.1, 0.15) is 5.69 Å². The number of rotatable bonds is 10. The smallest absolute Gasteiger partial charge is 0.354 e. The molecule has 0 aliphatic rings. The van der Waals surface area contributed by atoms with Gasteiger partial charge in [-0.3, -0.25) is 9.97 Å². The average molecular weight is 530 g/mol.